The number of hydrogen-bond acceptors (Lipinski definition) is 7. The van der Waals surface area contributed by atoms with Crippen molar-refractivity contribution in [2.24, 2.45) is 0 Å². The summed E-state index contributed by atoms with van der Waals surface area (Å²) in [6, 6.07) is 4.16. The Kier molecular flexibility index (Phi) is 5.58. The van der Waals surface area contributed by atoms with E-state index in [-0.39, 0.29) is 11.7 Å². The summed E-state index contributed by atoms with van der Waals surface area (Å²) in [7, 11) is 2.13. The Morgan fingerprint density at radius 1 is 1.22 bits per heavy atom. The van der Waals surface area contributed by atoms with Gasteiger partial charge in [0, 0.05) is 56.6 Å². The van der Waals surface area contributed by atoms with Crippen LogP contribution < -0.4 is 10.2 Å². The quantitative estimate of drug-likeness (QED) is 0.667. The van der Waals surface area contributed by atoms with Crippen molar-refractivity contribution in [1.82, 2.24) is 29.6 Å². The molecule has 3 aromatic heterocycles. The van der Waals surface area contributed by atoms with Gasteiger partial charge in [0.05, 0.1) is 10.9 Å². The van der Waals surface area contributed by atoms with E-state index in [1.807, 2.05) is 0 Å². The molecule has 0 radical (unpaired) electrons. The largest absolute Gasteiger partial charge is 0.351 e. The molecule has 2 unspecified atom stereocenters. The highest BCUT2D eigenvalue weighted by atomic mass is 19.1. The summed E-state index contributed by atoms with van der Waals surface area (Å²) in [6.07, 6.45) is 3.25. The average Bonchev–Trinajstić information content (AvgIpc) is 3.09. The van der Waals surface area contributed by atoms with Gasteiger partial charge in [0.1, 0.15) is 5.82 Å². The molecule has 170 valence electrons. The van der Waals surface area contributed by atoms with Crippen LogP contribution in [0.2, 0.25) is 0 Å². The van der Waals surface area contributed by atoms with Crippen molar-refractivity contribution in [3.8, 4) is 5.82 Å². The number of anilines is 2. The van der Waals surface area contributed by atoms with Crippen molar-refractivity contribution in [2.75, 3.05) is 30.4 Å². The number of pyridine rings is 1. The first-order valence-corrected chi connectivity index (χ1v) is 10.7. The second-order valence-electron chi connectivity index (χ2n) is 8.98. The average molecular weight is 441 g/mol. The second kappa shape index (κ2) is 8.09. The number of carbonyl (C=O) groups excluding carboxylic acids is 1. The van der Waals surface area contributed by atoms with Gasteiger partial charge in [-0.25, -0.2) is 24.0 Å². The Hall–Kier alpha value is -3.14. The fourth-order valence-corrected chi connectivity index (χ4v) is 3.98. The van der Waals surface area contributed by atoms with E-state index < -0.39 is 5.67 Å². The third-order valence-corrected chi connectivity index (χ3v) is 5.90. The lowest BCUT2D eigenvalue weighted by Gasteiger charge is -2.42. The predicted molar refractivity (Wildman–Crippen MR) is 122 cm³/mol. The summed E-state index contributed by atoms with van der Waals surface area (Å²) in [5.74, 6) is 1.52. The molecular formula is C22H29FN8O. The van der Waals surface area contributed by atoms with Crippen LogP contribution in [0.3, 0.4) is 0 Å². The standard InChI is InChI=1S/C22H29FN8O/c1-13-11-30(12-14(2)29(13)6)20-16-10-25-18(26-15(3)32)9-17(16)31(28-20)19-7-8-24-21(27-19)22(4,5)23/h7-10,13-14H,11-12H2,1-6H3,(H,25,26,32). The van der Waals surface area contributed by atoms with Gasteiger partial charge in [0.25, 0.3) is 0 Å². The van der Waals surface area contributed by atoms with E-state index in [1.165, 1.54) is 27.0 Å². The van der Waals surface area contributed by atoms with E-state index in [1.54, 1.807) is 23.0 Å². The molecule has 1 saturated heterocycles. The molecule has 32 heavy (non-hydrogen) atoms. The summed E-state index contributed by atoms with van der Waals surface area (Å²) in [5.41, 5.74) is -0.966. The van der Waals surface area contributed by atoms with Crippen LogP contribution in [0.5, 0.6) is 0 Å². The normalized spacial score (nSPS) is 20.0. The highest BCUT2D eigenvalue weighted by Crippen LogP contribution is 2.32. The highest BCUT2D eigenvalue weighted by Gasteiger charge is 2.30. The van der Waals surface area contributed by atoms with Crippen LogP contribution in [-0.4, -0.2) is 67.8 Å². The van der Waals surface area contributed by atoms with E-state index >= 15 is 0 Å². The van der Waals surface area contributed by atoms with Crippen molar-refractivity contribution < 1.29 is 9.18 Å². The first kappa shape index (κ1) is 22.1. The van der Waals surface area contributed by atoms with Gasteiger partial charge in [0.2, 0.25) is 5.91 Å². The molecule has 4 rings (SSSR count). The number of piperazine rings is 1. The number of amides is 1. The number of halogens is 1. The predicted octanol–water partition coefficient (Wildman–Crippen LogP) is 2.90. The first-order chi connectivity index (χ1) is 15.0. The van der Waals surface area contributed by atoms with Gasteiger partial charge in [-0.05, 0) is 34.7 Å². The van der Waals surface area contributed by atoms with Crippen LogP contribution in [0.25, 0.3) is 16.7 Å². The lowest BCUT2D eigenvalue weighted by molar-refractivity contribution is -0.114. The van der Waals surface area contributed by atoms with Crippen LogP contribution in [0.15, 0.2) is 24.5 Å². The minimum atomic E-state index is -1.69. The molecule has 0 spiro atoms. The molecule has 0 bridgehead atoms. The molecule has 0 aromatic carbocycles. The van der Waals surface area contributed by atoms with Crippen LogP contribution in [0, 0.1) is 0 Å². The zero-order valence-electron chi connectivity index (χ0n) is 19.3. The monoisotopic (exact) mass is 440 g/mol. The van der Waals surface area contributed by atoms with E-state index in [2.05, 4.69) is 51.0 Å². The zero-order chi connectivity index (χ0) is 23.2. The molecule has 1 amide bonds. The number of hydrogen-bond donors (Lipinski definition) is 1. The number of alkyl halides is 1. The summed E-state index contributed by atoms with van der Waals surface area (Å²) in [5, 5.41) is 8.43. The Bertz CT molecular complexity index is 1140. The van der Waals surface area contributed by atoms with E-state index in [4.69, 9.17) is 5.10 Å². The van der Waals surface area contributed by atoms with Gasteiger partial charge in [0.15, 0.2) is 23.1 Å². The molecule has 1 aliphatic heterocycles. The topological polar surface area (TPSA) is 92.1 Å². The summed E-state index contributed by atoms with van der Waals surface area (Å²) in [6.45, 7) is 10.3. The minimum Gasteiger partial charge on any atom is -0.351 e. The zero-order valence-corrected chi connectivity index (χ0v) is 19.3. The van der Waals surface area contributed by atoms with Gasteiger partial charge in [-0.15, -0.1) is 5.10 Å². The molecule has 1 fully saturated rings. The van der Waals surface area contributed by atoms with E-state index in [0.717, 1.165) is 29.8 Å². The molecule has 4 heterocycles. The van der Waals surface area contributed by atoms with Crippen molar-refractivity contribution in [3.63, 3.8) is 0 Å². The number of nitrogens with one attached hydrogen (secondary N) is 1. The number of likely N-dealkylation sites (N-methyl/N-ethyl adjacent to an activating group) is 1. The Balaban J connectivity index is 1.87. The number of aromatic nitrogens is 5. The fourth-order valence-electron chi connectivity index (χ4n) is 3.98. The molecule has 0 saturated carbocycles. The maximum absolute atomic E-state index is 14.5. The Labute approximate surface area is 186 Å². The number of carbonyl (C=O) groups is 1. The van der Waals surface area contributed by atoms with Crippen LogP contribution >= 0.6 is 0 Å². The molecule has 1 N–H and O–H groups in total. The van der Waals surface area contributed by atoms with Crippen LogP contribution in [0.1, 0.15) is 40.4 Å². The number of rotatable bonds is 4. The fraction of sp³-hybridized carbons (Fsp3) is 0.500. The molecule has 10 heteroatoms. The Morgan fingerprint density at radius 3 is 2.53 bits per heavy atom. The summed E-state index contributed by atoms with van der Waals surface area (Å²) in [4.78, 5) is 29.1. The third-order valence-electron chi connectivity index (χ3n) is 5.90. The summed E-state index contributed by atoms with van der Waals surface area (Å²) < 4.78 is 16.2. The van der Waals surface area contributed by atoms with Gasteiger partial charge >= 0.3 is 0 Å². The maximum Gasteiger partial charge on any atom is 0.222 e. The van der Waals surface area contributed by atoms with Crippen molar-refractivity contribution >= 4 is 28.4 Å². The van der Waals surface area contributed by atoms with Crippen molar-refractivity contribution in [2.45, 2.75) is 52.4 Å². The van der Waals surface area contributed by atoms with Crippen molar-refractivity contribution in [3.05, 3.63) is 30.4 Å². The number of fused-ring (bicyclic) bond motifs is 1. The third kappa shape index (κ3) is 4.14. The van der Waals surface area contributed by atoms with Crippen molar-refractivity contribution in [1.29, 1.82) is 0 Å². The summed E-state index contributed by atoms with van der Waals surface area (Å²) >= 11 is 0. The van der Waals surface area contributed by atoms with Gasteiger partial charge < -0.3 is 10.2 Å². The van der Waals surface area contributed by atoms with Gasteiger partial charge in [-0.2, -0.15) is 0 Å². The molecule has 1 aliphatic rings. The maximum atomic E-state index is 14.5. The van der Waals surface area contributed by atoms with Gasteiger partial charge in [-0.3, -0.25) is 9.69 Å². The van der Waals surface area contributed by atoms with Crippen LogP contribution in [-0.2, 0) is 10.5 Å². The van der Waals surface area contributed by atoms with E-state index in [9.17, 15) is 9.18 Å². The molecular weight excluding hydrogens is 411 g/mol. The second-order valence-corrected chi connectivity index (χ2v) is 8.98. The minimum absolute atomic E-state index is 0.0817. The highest BCUT2D eigenvalue weighted by molar-refractivity contribution is 5.95. The Morgan fingerprint density at radius 2 is 1.91 bits per heavy atom. The molecule has 9 nitrogen and oxygen atoms in total. The molecule has 2 atom stereocenters. The lowest BCUT2D eigenvalue weighted by Crippen LogP contribution is -2.55. The van der Waals surface area contributed by atoms with Crippen LogP contribution in [0.4, 0.5) is 16.0 Å². The number of nitrogens with zero attached hydrogens (tertiary/aromatic N) is 7. The first-order valence-electron chi connectivity index (χ1n) is 10.7. The van der Waals surface area contributed by atoms with E-state index in [0.29, 0.717) is 23.7 Å². The molecule has 3 aromatic rings. The molecule has 0 aliphatic carbocycles. The SMILES string of the molecule is CC(=O)Nc1cc2c(cn1)c(N1CC(C)N(C)C(C)C1)nn2-c1ccnc(C(C)(C)F)n1. The lowest BCUT2D eigenvalue weighted by atomic mass is 10.1. The smallest absolute Gasteiger partial charge is 0.222 e. The van der Waals surface area contributed by atoms with Gasteiger partial charge in [-0.1, -0.05) is 0 Å².